The van der Waals surface area contributed by atoms with Crippen molar-refractivity contribution >= 4 is 30.1 Å². The van der Waals surface area contributed by atoms with E-state index in [1.54, 1.807) is 0 Å². The van der Waals surface area contributed by atoms with E-state index in [0.29, 0.717) is 25.5 Å². The van der Waals surface area contributed by atoms with Crippen LogP contribution in [0.5, 0.6) is 0 Å². The average molecular weight is 317 g/mol. The molecule has 108 valence electrons. The van der Waals surface area contributed by atoms with Crippen molar-refractivity contribution in [3.05, 3.63) is 11.3 Å². The molecule has 4 nitrogen and oxygen atoms in total. The first kappa shape index (κ1) is 18.4. The zero-order chi connectivity index (χ0) is 14.0. The van der Waals surface area contributed by atoms with Crippen LogP contribution >= 0.6 is 18.3 Å². The van der Waals surface area contributed by atoms with Gasteiger partial charge in [0, 0.05) is 17.3 Å². The normalized spacial score (nSPS) is 13.1. The Bertz CT molecular complexity index is 288. The van der Waals surface area contributed by atoms with Crippen LogP contribution in [0, 0.1) is 0 Å². The average Bonchev–Trinajstić information content (AvgIpc) is 2.35. The molecule has 0 fully saturated rings. The fourth-order valence-electron chi connectivity index (χ4n) is 1.39. The fourth-order valence-corrected chi connectivity index (χ4v) is 3.71. The third kappa shape index (κ3) is 7.07. The number of hydrogen-bond donors (Lipinski definition) is 1. The van der Waals surface area contributed by atoms with Gasteiger partial charge >= 0.3 is 6.72 Å². The fraction of sp³-hybridized carbons (Fsp3) is 0.818. The Kier molecular flexibility index (Phi) is 10.4. The second kappa shape index (κ2) is 10.2. The number of nitrogens with one attached hydrogen (secondary N) is 1. The Morgan fingerprint density at radius 2 is 1.67 bits per heavy atom. The Morgan fingerprint density at radius 1 is 1.17 bits per heavy atom. The van der Waals surface area contributed by atoms with Gasteiger partial charge in [0.15, 0.2) is 5.76 Å². The van der Waals surface area contributed by atoms with Crippen LogP contribution in [0.25, 0.3) is 0 Å². The van der Waals surface area contributed by atoms with Crippen LogP contribution in [-0.2, 0) is 25.4 Å². The smallest absolute Gasteiger partial charge is 0.380 e. The van der Waals surface area contributed by atoms with Gasteiger partial charge in [0.1, 0.15) is 6.54 Å². The van der Waals surface area contributed by atoms with E-state index in [1.807, 2.05) is 13.8 Å². The largest absolute Gasteiger partial charge is 0.422 e. The highest BCUT2D eigenvalue weighted by atomic mass is 35.5. The zero-order valence-corrected chi connectivity index (χ0v) is 14.0. The highest BCUT2D eigenvalue weighted by molar-refractivity contribution is 8.07. The van der Waals surface area contributed by atoms with Crippen molar-refractivity contribution in [3.8, 4) is 0 Å². The first-order valence-corrected chi connectivity index (χ1v) is 9.25. The van der Waals surface area contributed by atoms with Gasteiger partial charge in [-0.25, -0.2) is 0 Å². The molecule has 0 aromatic rings. The molecule has 0 aliphatic rings. The van der Waals surface area contributed by atoms with E-state index < -0.39 is 6.72 Å². The number of rotatable bonds is 10. The molecule has 0 bridgehead atoms. The second-order valence-corrected chi connectivity index (χ2v) is 6.74. The first-order valence-electron chi connectivity index (χ1n) is 6.26. The van der Waals surface area contributed by atoms with E-state index in [2.05, 4.69) is 13.8 Å². The van der Waals surface area contributed by atoms with Gasteiger partial charge in [-0.15, -0.1) is 0 Å². The molecule has 0 amide bonds. The Labute approximate surface area is 120 Å². The highest BCUT2D eigenvalue weighted by Crippen LogP contribution is 2.51. The summed E-state index contributed by atoms with van der Waals surface area (Å²) in [7, 11) is 0. The Morgan fingerprint density at radius 3 is 2.00 bits per heavy atom. The lowest BCUT2D eigenvalue weighted by atomic mass is 10.4. The predicted molar refractivity (Wildman–Crippen MR) is 79.5 cm³/mol. The molecule has 0 aromatic carbocycles. The molecule has 0 atom stereocenters. The van der Waals surface area contributed by atoms with E-state index in [4.69, 9.17) is 37.0 Å². The molecule has 7 heteroatoms. The third-order valence-corrected chi connectivity index (χ3v) is 5.06. The lowest BCUT2D eigenvalue weighted by molar-refractivity contribution is -0.892. The third-order valence-electron chi connectivity index (χ3n) is 2.35. The number of likely N-dealkylation sites (N-methyl/N-ethyl adjacent to an activating group) is 1. The highest BCUT2D eigenvalue weighted by Gasteiger charge is 2.23. The zero-order valence-electron chi connectivity index (χ0n) is 11.6. The van der Waals surface area contributed by atoms with Crippen LogP contribution in [0.15, 0.2) is 11.3 Å². The van der Waals surface area contributed by atoms with Crippen molar-refractivity contribution in [2.24, 2.45) is 0 Å². The molecule has 0 heterocycles. The summed E-state index contributed by atoms with van der Waals surface area (Å²) in [5.74, 6) is 0.626. The second-order valence-electron chi connectivity index (χ2n) is 3.58. The molecule has 0 saturated heterocycles. The lowest BCUT2D eigenvalue weighted by Crippen LogP contribution is -3.11. The summed E-state index contributed by atoms with van der Waals surface area (Å²) in [6.07, 6.45) is 0. The number of quaternary nitrogens is 1. The minimum absolute atomic E-state index is 0.463. The summed E-state index contributed by atoms with van der Waals surface area (Å²) in [6.45, 7) is 8.88. The minimum Gasteiger partial charge on any atom is -0.422 e. The molecule has 0 unspecified atom stereocenters. The monoisotopic (exact) mass is 316 g/mol. The van der Waals surface area contributed by atoms with Gasteiger partial charge < -0.3 is 9.42 Å². The summed E-state index contributed by atoms with van der Waals surface area (Å²) in [4.78, 5) is 1.36. The maximum absolute atomic E-state index is 5.79. The van der Waals surface area contributed by atoms with Gasteiger partial charge in [0.25, 0.3) is 0 Å². The molecular formula is C11H24ClNO3PS+. The Balaban J connectivity index is 4.62. The van der Waals surface area contributed by atoms with Gasteiger partial charge in [-0.05, 0) is 27.7 Å². The topological polar surface area (TPSA) is 32.1 Å². The molecular weight excluding hydrogens is 293 g/mol. The van der Waals surface area contributed by atoms with Crippen molar-refractivity contribution in [1.82, 2.24) is 0 Å². The molecule has 0 aromatic heterocycles. The van der Waals surface area contributed by atoms with Crippen molar-refractivity contribution in [2.75, 3.05) is 32.8 Å². The van der Waals surface area contributed by atoms with Crippen LogP contribution in [0.2, 0.25) is 0 Å². The van der Waals surface area contributed by atoms with Crippen LogP contribution in [0.3, 0.4) is 0 Å². The molecule has 0 aliphatic heterocycles. The number of halogens is 1. The summed E-state index contributed by atoms with van der Waals surface area (Å²) < 4.78 is 16.5. The molecule has 0 aliphatic carbocycles. The van der Waals surface area contributed by atoms with Crippen molar-refractivity contribution in [3.63, 3.8) is 0 Å². The summed E-state index contributed by atoms with van der Waals surface area (Å²) in [5, 5.41) is 0. The first-order chi connectivity index (χ1) is 8.55. The van der Waals surface area contributed by atoms with Crippen LogP contribution < -0.4 is 4.90 Å². The summed E-state index contributed by atoms with van der Waals surface area (Å²) >= 11 is 11.1. The predicted octanol–water partition coefficient (Wildman–Crippen LogP) is 2.31. The molecule has 0 radical (unpaired) electrons. The molecule has 0 saturated carbocycles. The van der Waals surface area contributed by atoms with Gasteiger partial charge in [-0.3, -0.25) is 9.05 Å². The van der Waals surface area contributed by atoms with Crippen molar-refractivity contribution in [1.29, 1.82) is 0 Å². The standard InChI is InChI=1S/C11H23ClNO3PS/c1-5-13(6-2)10-11(9-12)16-17(18,14-7-3)15-8-4/h9H,5-8,10H2,1-4H3/p+1/b11-9+. The molecule has 0 rings (SSSR count). The van der Waals surface area contributed by atoms with Gasteiger partial charge in [0.2, 0.25) is 0 Å². The molecule has 18 heavy (non-hydrogen) atoms. The molecule has 1 N–H and O–H groups in total. The molecule has 0 spiro atoms. The van der Waals surface area contributed by atoms with Crippen LogP contribution in [-0.4, -0.2) is 32.8 Å². The van der Waals surface area contributed by atoms with Crippen molar-refractivity contribution < 1.29 is 18.5 Å². The maximum atomic E-state index is 5.79. The van der Waals surface area contributed by atoms with E-state index in [9.17, 15) is 0 Å². The van der Waals surface area contributed by atoms with Crippen LogP contribution in [0.1, 0.15) is 27.7 Å². The summed E-state index contributed by atoms with van der Waals surface area (Å²) in [5.41, 5.74) is 1.42. The maximum Gasteiger partial charge on any atom is 0.380 e. The van der Waals surface area contributed by atoms with E-state index in [-0.39, 0.29) is 0 Å². The SMILES string of the molecule is CCOP(=S)(OCC)O/C(=C/Cl)C[NH+](CC)CC. The quantitative estimate of drug-likeness (QED) is 0.495. The summed E-state index contributed by atoms with van der Waals surface area (Å²) in [6, 6.07) is 0. The van der Waals surface area contributed by atoms with Crippen LogP contribution in [0.4, 0.5) is 0 Å². The van der Waals surface area contributed by atoms with Gasteiger partial charge in [-0.1, -0.05) is 11.6 Å². The number of hydrogen-bond acceptors (Lipinski definition) is 4. The minimum atomic E-state index is -2.70. The Hall–Kier alpha value is 0.360. The van der Waals surface area contributed by atoms with Crippen molar-refractivity contribution in [2.45, 2.75) is 27.7 Å². The van der Waals surface area contributed by atoms with E-state index >= 15 is 0 Å². The van der Waals surface area contributed by atoms with Gasteiger partial charge in [-0.2, -0.15) is 0 Å². The lowest BCUT2D eigenvalue weighted by Gasteiger charge is -2.24. The van der Waals surface area contributed by atoms with E-state index in [1.165, 1.54) is 10.4 Å². The van der Waals surface area contributed by atoms with Gasteiger partial charge in [0.05, 0.1) is 26.3 Å². The van der Waals surface area contributed by atoms with E-state index in [0.717, 1.165) is 13.1 Å².